The van der Waals surface area contributed by atoms with Crippen LogP contribution in [0.4, 0.5) is 0 Å². The fraction of sp³-hybridized carbons (Fsp3) is 0.423. The summed E-state index contributed by atoms with van der Waals surface area (Å²) in [5, 5.41) is 4.53. The molecule has 12 nitrogen and oxygen atoms in total. The first-order valence-electron chi connectivity index (χ1n) is 13.0. The topological polar surface area (TPSA) is 139 Å². The van der Waals surface area contributed by atoms with Gasteiger partial charge in [-0.2, -0.15) is 9.40 Å². The van der Waals surface area contributed by atoms with E-state index in [1.807, 2.05) is 39.1 Å². The minimum atomic E-state index is -3.80. The van der Waals surface area contributed by atoms with Crippen molar-refractivity contribution in [3.63, 3.8) is 0 Å². The van der Waals surface area contributed by atoms with Gasteiger partial charge in [-0.25, -0.2) is 18.4 Å². The Bertz CT molecular complexity index is 1630. The summed E-state index contributed by atoms with van der Waals surface area (Å²) in [7, 11) is -1.84. The third kappa shape index (κ3) is 5.42. The van der Waals surface area contributed by atoms with Gasteiger partial charge in [0.25, 0.3) is 5.56 Å². The molecule has 5 heterocycles. The minimum Gasteiger partial charge on any atom is -0.477 e. The van der Waals surface area contributed by atoms with Crippen LogP contribution in [0, 0.1) is 0 Å². The number of aryl methyl sites for hydroxylation is 1. The maximum Gasteiger partial charge on any atom is 0.279 e. The molecule has 206 valence electrons. The molecule has 0 aliphatic carbocycles. The number of aromatic amines is 1. The lowest BCUT2D eigenvalue weighted by molar-refractivity contribution is 0.222. The number of nitrogens with zero attached hydrogens (tertiary/aromatic N) is 7. The van der Waals surface area contributed by atoms with Gasteiger partial charge in [0.1, 0.15) is 16.2 Å². The van der Waals surface area contributed by atoms with E-state index in [4.69, 9.17) is 9.72 Å². The molecule has 1 aliphatic heterocycles. The second-order valence-corrected chi connectivity index (χ2v) is 11.4. The Balaban J connectivity index is 1.61. The summed E-state index contributed by atoms with van der Waals surface area (Å²) in [5.74, 6) is 0.379. The molecule has 5 rings (SSSR count). The van der Waals surface area contributed by atoms with Crippen molar-refractivity contribution in [2.75, 3.05) is 39.8 Å². The highest BCUT2D eigenvalue weighted by Crippen LogP contribution is 2.30. The summed E-state index contributed by atoms with van der Waals surface area (Å²) in [6.07, 6.45) is 4.32. The monoisotopic (exact) mass is 552 g/mol. The lowest BCUT2D eigenvalue weighted by atomic mass is 10.2. The molecule has 0 radical (unpaired) electrons. The number of likely N-dealkylation sites (N-methyl/N-ethyl adjacent to an activating group) is 1. The molecule has 0 aromatic carbocycles. The van der Waals surface area contributed by atoms with Crippen LogP contribution >= 0.6 is 0 Å². The predicted octanol–water partition coefficient (Wildman–Crippen LogP) is 1.91. The second-order valence-electron chi connectivity index (χ2n) is 9.47. The molecule has 13 heteroatoms. The number of sulfonamides is 1. The number of nitrogens with one attached hydrogen (secondary N) is 1. The van der Waals surface area contributed by atoms with Crippen LogP contribution in [0.3, 0.4) is 0 Å². The van der Waals surface area contributed by atoms with Crippen LogP contribution < -0.4 is 10.3 Å². The van der Waals surface area contributed by atoms with Gasteiger partial charge in [-0.1, -0.05) is 19.9 Å². The highest BCUT2D eigenvalue weighted by Gasteiger charge is 2.29. The Hall–Kier alpha value is -3.68. The fourth-order valence-electron chi connectivity index (χ4n) is 4.55. The van der Waals surface area contributed by atoms with Crippen LogP contribution in [0.1, 0.15) is 31.7 Å². The number of ether oxygens (including phenoxy) is 1. The molecule has 1 saturated heterocycles. The molecule has 1 fully saturated rings. The van der Waals surface area contributed by atoms with Gasteiger partial charge in [0.05, 0.1) is 36.3 Å². The van der Waals surface area contributed by atoms with Gasteiger partial charge in [0.2, 0.25) is 15.9 Å². The minimum absolute atomic E-state index is 0.0233. The Morgan fingerprint density at radius 3 is 2.56 bits per heavy atom. The van der Waals surface area contributed by atoms with E-state index in [0.29, 0.717) is 56.8 Å². The van der Waals surface area contributed by atoms with E-state index < -0.39 is 15.6 Å². The molecular formula is C26H32N8O4S. The van der Waals surface area contributed by atoms with Crippen molar-refractivity contribution in [2.45, 2.75) is 38.1 Å². The van der Waals surface area contributed by atoms with Gasteiger partial charge in [-0.15, -0.1) is 0 Å². The highest BCUT2D eigenvalue weighted by atomic mass is 32.2. The van der Waals surface area contributed by atoms with Crippen LogP contribution in [-0.2, 0) is 23.0 Å². The summed E-state index contributed by atoms with van der Waals surface area (Å²) in [6.45, 7) is 6.75. The van der Waals surface area contributed by atoms with Crippen molar-refractivity contribution < 1.29 is 13.2 Å². The molecule has 0 amide bonds. The van der Waals surface area contributed by atoms with Crippen LogP contribution in [0.15, 0.2) is 46.3 Å². The molecule has 39 heavy (non-hydrogen) atoms. The van der Waals surface area contributed by atoms with E-state index in [9.17, 15) is 13.2 Å². The molecular weight excluding hydrogens is 520 g/mol. The Morgan fingerprint density at radius 2 is 1.87 bits per heavy atom. The number of pyridine rings is 2. The molecule has 1 aliphatic rings. The lowest BCUT2D eigenvalue weighted by Gasteiger charge is -2.31. The van der Waals surface area contributed by atoms with Crippen molar-refractivity contribution in [3.8, 4) is 17.3 Å². The van der Waals surface area contributed by atoms with Crippen LogP contribution in [0.5, 0.6) is 5.88 Å². The number of rotatable bonds is 9. The molecule has 0 saturated carbocycles. The SMILES string of the molecule is CCCOc1ncc(S(=O)(=O)N2CCN(C)CC2)cc1-c1nc2c(CC)n(Cc3ccccn3)nc2c(=O)[nH]1. The van der Waals surface area contributed by atoms with Gasteiger partial charge in [-0.3, -0.25) is 14.5 Å². The first kappa shape index (κ1) is 26.9. The van der Waals surface area contributed by atoms with E-state index >= 15 is 0 Å². The van der Waals surface area contributed by atoms with Crippen molar-refractivity contribution in [3.05, 3.63) is 58.4 Å². The average Bonchev–Trinajstić information content (AvgIpc) is 3.30. The van der Waals surface area contributed by atoms with Crippen LogP contribution in [-0.4, -0.2) is 87.2 Å². The van der Waals surface area contributed by atoms with Gasteiger partial charge in [0.15, 0.2) is 5.52 Å². The van der Waals surface area contributed by atoms with Crippen molar-refractivity contribution in [1.82, 2.24) is 38.9 Å². The zero-order valence-electron chi connectivity index (χ0n) is 22.3. The number of hydrogen-bond donors (Lipinski definition) is 1. The van der Waals surface area contributed by atoms with Crippen molar-refractivity contribution in [1.29, 1.82) is 0 Å². The predicted molar refractivity (Wildman–Crippen MR) is 146 cm³/mol. The maximum atomic E-state index is 13.5. The number of hydrogen-bond acceptors (Lipinski definition) is 9. The second kappa shape index (κ2) is 11.2. The van der Waals surface area contributed by atoms with E-state index in [-0.39, 0.29) is 22.1 Å². The number of H-pyrrole nitrogens is 1. The maximum absolute atomic E-state index is 13.5. The molecule has 0 atom stereocenters. The lowest BCUT2D eigenvalue weighted by Crippen LogP contribution is -2.47. The first-order chi connectivity index (χ1) is 18.8. The van der Waals surface area contributed by atoms with Crippen LogP contribution in [0.25, 0.3) is 22.4 Å². The average molecular weight is 553 g/mol. The molecule has 0 bridgehead atoms. The molecule has 4 aromatic heterocycles. The summed E-state index contributed by atoms with van der Waals surface area (Å²) in [5.41, 5.74) is 2.10. The van der Waals surface area contributed by atoms with Gasteiger partial charge in [-0.05, 0) is 38.1 Å². The fourth-order valence-corrected chi connectivity index (χ4v) is 5.95. The van der Waals surface area contributed by atoms with E-state index in [2.05, 4.69) is 25.0 Å². The first-order valence-corrected chi connectivity index (χ1v) is 14.5. The van der Waals surface area contributed by atoms with Gasteiger partial charge >= 0.3 is 0 Å². The van der Waals surface area contributed by atoms with Crippen molar-refractivity contribution in [2.24, 2.45) is 0 Å². The third-order valence-corrected chi connectivity index (χ3v) is 8.56. The van der Waals surface area contributed by atoms with Gasteiger partial charge < -0.3 is 14.6 Å². The Kier molecular flexibility index (Phi) is 7.73. The molecule has 4 aromatic rings. The number of piperazine rings is 1. The molecule has 0 unspecified atom stereocenters. The van der Waals surface area contributed by atoms with Crippen molar-refractivity contribution >= 4 is 21.1 Å². The van der Waals surface area contributed by atoms with E-state index in [0.717, 1.165) is 17.8 Å². The molecule has 0 spiro atoms. The summed E-state index contributed by atoms with van der Waals surface area (Å²) in [6, 6.07) is 7.12. The normalized spacial score (nSPS) is 15.2. The third-order valence-electron chi connectivity index (χ3n) is 6.70. The molecule has 1 N–H and O–H groups in total. The quantitative estimate of drug-likeness (QED) is 0.330. The summed E-state index contributed by atoms with van der Waals surface area (Å²) in [4.78, 5) is 31.6. The Morgan fingerprint density at radius 1 is 1.08 bits per heavy atom. The number of fused-ring (bicyclic) bond motifs is 1. The van der Waals surface area contributed by atoms with Gasteiger partial charge in [0, 0.05) is 32.4 Å². The van der Waals surface area contributed by atoms with E-state index in [1.165, 1.54) is 16.6 Å². The largest absolute Gasteiger partial charge is 0.477 e. The summed E-state index contributed by atoms with van der Waals surface area (Å²) >= 11 is 0. The smallest absolute Gasteiger partial charge is 0.279 e. The zero-order chi connectivity index (χ0) is 27.6. The van der Waals surface area contributed by atoms with Crippen LogP contribution in [0.2, 0.25) is 0 Å². The Labute approximate surface area is 226 Å². The highest BCUT2D eigenvalue weighted by molar-refractivity contribution is 7.89. The standard InChI is InChI=1S/C26H32N8O4S/c1-4-14-38-26-20(15-19(16-28-26)39(36,37)33-12-10-32(3)11-13-33)24-29-22-21(5-2)34(31-23(22)25(35)30-24)17-18-8-6-7-9-27-18/h6-9,15-16H,4-5,10-14,17H2,1-3H3,(H,29,30,35). The zero-order valence-corrected chi connectivity index (χ0v) is 23.1. The number of aromatic nitrogens is 6. The van der Waals surface area contributed by atoms with E-state index in [1.54, 1.807) is 10.9 Å². The summed E-state index contributed by atoms with van der Waals surface area (Å²) < 4.78 is 36.0.